The van der Waals surface area contributed by atoms with Crippen LogP contribution in [0.3, 0.4) is 0 Å². The van der Waals surface area contributed by atoms with E-state index in [1.165, 1.54) is 35.8 Å². The SMILES string of the molecule is COc1ccc(C(=O)Nc2ncccc2OCc2ccncc2)cc1S(=O)(=O)N1CCOCC1. The van der Waals surface area contributed by atoms with E-state index in [4.69, 9.17) is 14.2 Å². The monoisotopic (exact) mass is 484 g/mol. The van der Waals surface area contributed by atoms with Gasteiger partial charge < -0.3 is 19.5 Å². The van der Waals surface area contributed by atoms with Crippen LogP contribution in [0.2, 0.25) is 0 Å². The molecule has 0 radical (unpaired) electrons. The Bertz CT molecular complexity index is 1250. The zero-order valence-corrected chi connectivity index (χ0v) is 19.3. The summed E-state index contributed by atoms with van der Waals surface area (Å²) < 4.78 is 44.0. The van der Waals surface area contributed by atoms with Gasteiger partial charge in [0.2, 0.25) is 10.0 Å². The summed E-state index contributed by atoms with van der Waals surface area (Å²) in [7, 11) is -2.50. The molecule has 0 aliphatic carbocycles. The first-order chi connectivity index (χ1) is 16.5. The van der Waals surface area contributed by atoms with Gasteiger partial charge in [-0.05, 0) is 48.0 Å². The number of benzene rings is 1. The molecule has 3 heterocycles. The number of carbonyl (C=O) groups is 1. The van der Waals surface area contributed by atoms with E-state index in [1.807, 2.05) is 12.1 Å². The third-order valence-corrected chi connectivity index (χ3v) is 7.08. The summed E-state index contributed by atoms with van der Waals surface area (Å²) in [5.41, 5.74) is 1.04. The van der Waals surface area contributed by atoms with E-state index < -0.39 is 15.9 Å². The first-order valence-corrected chi connectivity index (χ1v) is 12.0. The fraction of sp³-hybridized carbons (Fsp3) is 0.261. The highest BCUT2D eigenvalue weighted by atomic mass is 32.2. The first kappa shape index (κ1) is 23.6. The number of rotatable bonds is 8. The highest BCUT2D eigenvalue weighted by Gasteiger charge is 2.30. The molecule has 1 aliphatic heterocycles. The van der Waals surface area contributed by atoms with Crippen molar-refractivity contribution in [3.05, 3.63) is 72.2 Å². The Kier molecular flexibility index (Phi) is 7.36. The second-order valence-corrected chi connectivity index (χ2v) is 9.24. The summed E-state index contributed by atoms with van der Waals surface area (Å²) in [6.07, 6.45) is 4.85. The predicted molar refractivity (Wildman–Crippen MR) is 123 cm³/mol. The summed E-state index contributed by atoms with van der Waals surface area (Å²) in [6.45, 7) is 1.34. The molecule has 1 aromatic carbocycles. The molecule has 0 bridgehead atoms. The number of ether oxygens (including phenoxy) is 3. The van der Waals surface area contributed by atoms with Gasteiger partial charge in [-0.3, -0.25) is 9.78 Å². The lowest BCUT2D eigenvalue weighted by molar-refractivity contribution is 0.0729. The van der Waals surface area contributed by atoms with E-state index in [0.717, 1.165) is 5.56 Å². The molecule has 178 valence electrons. The average molecular weight is 485 g/mol. The zero-order valence-electron chi connectivity index (χ0n) is 18.5. The van der Waals surface area contributed by atoms with Crippen molar-refractivity contribution in [2.45, 2.75) is 11.5 Å². The van der Waals surface area contributed by atoms with E-state index in [0.29, 0.717) is 19.0 Å². The van der Waals surface area contributed by atoms with E-state index in [2.05, 4.69) is 15.3 Å². The molecule has 0 spiro atoms. The summed E-state index contributed by atoms with van der Waals surface area (Å²) >= 11 is 0. The Morgan fingerprint density at radius 3 is 2.59 bits per heavy atom. The molecule has 0 unspecified atom stereocenters. The van der Waals surface area contributed by atoms with E-state index in [-0.39, 0.29) is 41.7 Å². The van der Waals surface area contributed by atoms with Gasteiger partial charge in [0.15, 0.2) is 11.6 Å². The topological polar surface area (TPSA) is 120 Å². The number of hydrogen-bond acceptors (Lipinski definition) is 8. The van der Waals surface area contributed by atoms with Crippen LogP contribution in [-0.2, 0) is 21.4 Å². The van der Waals surface area contributed by atoms with Gasteiger partial charge in [-0.15, -0.1) is 0 Å². The van der Waals surface area contributed by atoms with Crippen LogP contribution >= 0.6 is 0 Å². The van der Waals surface area contributed by atoms with Gasteiger partial charge in [0.05, 0.1) is 20.3 Å². The first-order valence-electron chi connectivity index (χ1n) is 10.5. The minimum atomic E-state index is -3.88. The lowest BCUT2D eigenvalue weighted by atomic mass is 10.2. The van der Waals surface area contributed by atoms with Crippen molar-refractivity contribution < 1.29 is 27.4 Å². The highest BCUT2D eigenvalue weighted by molar-refractivity contribution is 7.89. The van der Waals surface area contributed by atoms with Gasteiger partial charge in [-0.2, -0.15) is 4.31 Å². The molecule has 1 saturated heterocycles. The number of morpholine rings is 1. The largest absolute Gasteiger partial charge is 0.495 e. The smallest absolute Gasteiger partial charge is 0.256 e. The fourth-order valence-corrected chi connectivity index (χ4v) is 4.96. The number of anilines is 1. The molecule has 34 heavy (non-hydrogen) atoms. The van der Waals surface area contributed by atoms with Crippen LogP contribution < -0.4 is 14.8 Å². The molecule has 3 aromatic rings. The molecular weight excluding hydrogens is 460 g/mol. The minimum absolute atomic E-state index is 0.0836. The van der Waals surface area contributed by atoms with Gasteiger partial charge in [-0.1, -0.05) is 0 Å². The van der Waals surface area contributed by atoms with Gasteiger partial charge in [0.25, 0.3) is 5.91 Å². The fourth-order valence-electron chi connectivity index (χ4n) is 3.37. The number of hydrogen-bond donors (Lipinski definition) is 1. The second-order valence-electron chi connectivity index (χ2n) is 7.33. The maximum atomic E-state index is 13.2. The van der Waals surface area contributed by atoms with Crippen LogP contribution in [0.25, 0.3) is 0 Å². The highest BCUT2D eigenvalue weighted by Crippen LogP contribution is 2.29. The number of nitrogens with zero attached hydrogens (tertiary/aromatic N) is 3. The van der Waals surface area contributed by atoms with Crippen LogP contribution in [0.5, 0.6) is 11.5 Å². The maximum absolute atomic E-state index is 13.2. The Morgan fingerprint density at radius 1 is 1.09 bits per heavy atom. The van der Waals surface area contributed by atoms with Gasteiger partial charge in [0.1, 0.15) is 17.3 Å². The van der Waals surface area contributed by atoms with Crippen LogP contribution in [-0.4, -0.2) is 62.0 Å². The van der Waals surface area contributed by atoms with E-state index >= 15 is 0 Å². The van der Waals surface area contributed by atoms with Crippen molar-refractivity contribution in [3.8, 4) is 11.5 Å². The molecule has 0 atom stereocenters. The molecule has 4 rings (SSSR count). The van der Waals surface area contributed by atoms with E-state index in [9.17, 15) is 13.2 Å². The molecular formula is C23H24N4O6S. The minimum Gasteiger partial charge on any atom is -0.495 e. The Labute approximate surface area is 197 Å². The summed E-state index contributed by atoms with van der Waals surface area (Å²) in [6, 6.07) is 11.3. The van der Waals surface area contributed by atoms with Crippen LogP contribution in [0.1, 0.15) is 15.9 Å². The van der Waals surface area contributed by atoms with Gasteiger partial charge in [0, 0.05) is 37.2 Å². The lowest BCUT2D eigenvalue weighted by Crippen LogP contribution is -2.40. The molecule has 1 amide bonds. The van der Waals surface area contributed by atoms with Crippen molar-refractivity contribution in [2.75, 3.05) is 38.7 Å². The summed E-state index contributed by atoms with van der Waals surface area (Å²) in [4.78, 5) is 21.1. The quantitative estimate of drug-likeness (QED) is 0.517. The second kappa shape index (κ2) is 10.6. The molecule has 0 saturated carbocycles. The molecule has 1 aliphatic rings. The Morgan fingerprint density at radius 2 is 1.85 bits per heavy atom. The van der Waals surface area contributed by atoms with Crippen LogP contribution in [0.15, 0.2) is 66.0 Å². The number of sulfonamides is 1. The van der Waals surface area contributed by atoms with Crippen molar-refractivity contribution in [1.82, 2.24) is 14.3 Å². The third-order valence-electron chi connectivity index (χ3n) is 5.16. The lowest BCUT2D eigenvalue weighted by Gasteiger charge is -2.26. The zero-order chi connectivity index (χ0) is 24.0. The maximum Gasteiger partial charge on any atom is 0.256 e. The van der Waals surface area contributed by atoms with Crippen LogP contribution in [0.4, 0.5) is 5.82 Å². The number of nitrogens with one attached hydrogen (secondary N) is 1. The number of carbonyl (C=O) groups excluding carboxylic acids is 1. The molecule has 2 aromatic heterocycles. The third kappa shape index (κ3) is 5.33. The number of methoxy groups -OCH3 is 1. The van der Waals surface area contributed by atoms with Crippen molar-refractivity contribution in [1.29, 1.82) is 0 Å². The van der Waals surface area contributed by atoms with Crippen LogP contribution in [0, 0.1) is 0 Å². The summed E-state index contributed by atoms with van der Waals surface area (Å²) in [5, 5.41) is 2.70. The number of amides is 1. The molecule has 11 heteroatoms. The predicted octanol–water partition coefficient (Wildman–Crippen LogP) is 2.34. The Balaban J connectivity index is 1.55. The van der Waals surface area contributed by atoms with Crippen molar-refractivity contribution >= 4 is 21.7 Å². The normalized spacial score (nSPS) is 14.4. The molecule has 10 nitrogen and oxygen atoms in total. The van der Waals surface area contributed by atoms with Crippen molar-refractivity contribution in [3.63, 3.8) is 0 Å². The average Bonchev–Trinajstić information content (AvgIpc) is 2.89. The standard InChI is InChI=1S/C23H24N4O6S/c1-31-19-5-4-18(15-21(19)34(29,30)27-11-13-32-14-12-27)23(28)26-22-20(3-2-8-25-22)33-16-17-6-9-24-10-7-17/h2-10,15H,11-14,16H2,1H3,(H,25,26,28). The number of aromatic nitrogens is 2. The summed E-state index contributed by atoms with van der Waals surface area (Å²) in [5.74, 6) is 0.216. The molecule has 1 N–H and O–H groups in total. The molecule has 1 fully saturated rings. The van der Waals surface area contributed by atoms with Gasteiger partial charge in [-0.25, -0.2) is 13.4 Å². The van der Waals surface area contributed by atoms with Crippen molar-refractivity contribution in [2.24, 2.45) is 0 Å². The van der Waals surface area contributed by atoms with E-state index in [1.54, 1.807) is 24.5 Å². The van der Waals surface area contributed by atoms with Gasteiger partial charge >= 0.3 is 0 Å². The number of pyridine rings is 2. The Hall–Kier alpha value is -3.54.